The van der Waals surface area contributed by atoms with Crippen LogP contribution in [0.2, 0.25) is 5.02 Å². The number of rotatable bonds is 7. The summed E-state index contributed by atoms with van der Waals surface area (Å²) in [6, 6.07) is 8.61. The first kappa shape index (κ1) is 25.1. The largest absolute Gasteiger partial charge is 0.493 e. The highest BCUT2D eigenvalue weighted by Crippen LogP contribution is 2.42. The van der Waals surface area contributed by atoms with Crippen LogP contribution in [0.3, 0.4) is 0 Å². The molecule has 1 aromatic heterocycles. The van der Waals surface area contributed by atoms with E-state index in [-0.39, 0.29) is 9.92 Å². The Morgan fingerprint density at radius 1 is 1.06 bits per heavy atom. The number of aromatic nitrogens is 1. The van der Waals surface area contributed by atoms with Crippen LogP contribution in [0.5, 0.6) is 17.2 Å². The molecular formula is C23H24BrClN2O5S2. The summed E-state index contributed by atoms with van der Waals surface area (Å²) in [5, 5.41) is 2.59. The number of piperidine rings is 1. The standard InChI is InChI=1S/C23H24BrClN2O5S2/c1-30-19-10-14(11-20(31-2)22(19)32-3)18-13-33-23(26-18)27-8-6-16(7-9-27)34(28,29)21-5-4-15(24)12-17(21)25/h4-5,10-13,16H,6-9H2,1-3H3. The van der Waals surface area contributed by atoms with Crippen molar-refractivity contribution in [1.29, 1.82) is 0 Å². The van der Waals surface area contributed by atoms with Gasteiger partial charge in [0.05, 0.1) is 42.2 Å². The van der Waals surface area contributed by atoms with Crippen LogP contribution in [-0.2, 0) is 9.84 Å². The molecule has 0 amide bonds. The van der Waals surface area contributed by atoms with Crippen molar-refractivity contribution in [2.45, 2.75) is 23.0 Å². The molecule has 7 nitrogen and oxygen atoms in total. The van der Waals surface area contributed by atoms with Gasteiger partial charge in [-0.3, -0.25) is 0 Å². The Balaban J connectivity index is 1.50. The van der Waals surface area contributed by atoms with Gasteiger partial charge in [-0.25, -0.2) is 13.4 Å². The molecule has 0 N–H and O–H groups in total. The van der Waals surface area contributed by atoms with E-state index in [0.29, 0.717) is 43.2 Å². The number of hydrogen-bond donors (Lipinski definition) is 0. The summed E-state index contributed by atoms with van der Waals surface area (Å²) in [6.07, 6.45) is 1.02. The number of nitrogens with zero attached hydrogens (tertiary/aromatic N) is 2. The molecule has 0 atom stereocenters. The third-order valence-corrected chi connectivity index (χ3v) is 9.94. The third kappa shape index (κ3) is 4.86. The van der Waals surface area contributed by atoms with E-state index in [4.69, 9.17) is 30.8 Å². The Morgan fingerprint density at radius 3 is 2.26 bits per heavy atom. The highest BCUT2D eigenvalue weighted by molar-refractivity contribution is 9.10. The topological polar surface area (TPSA) is 78.0 Å². The second-order valence-corrected chi connectivity index (χ2v) is 12.1. The zero-order valence-electron chi connectivity index (χ0n) is 18.9. The quantitative estimate of drug-likeness (QED) is 0.351. The smallest absolute Gasteiger partial charge is 0.203 e. The number of halogens is 2. The lowest BCUT2D eigenvalue weighted by Crippen LogP contribution is -2.39. The molecule has 182 valence electrons. The van der Waals surface area contributed by atoms with E-state index in [0.717, 1.165) is 20.9 Å². The molecule has 1 aliphatic heterocycles. The van der Waals surface area contributed by atoms with Crippen LogP contribution < -0.4 is 19.1 Å². The van der Waals surface area contributed by atoms with Gasteiger partial charge in [-0.1, -0.05) is 27.5 Å². The average molecular weight is 588 g/mol. The van der Waals surface area contributed by atoms with Gasteiger partial charge in [0.1, 0.15) is 0 Å². The lowest BCUT2D eigenvalue weighted by Gasteiger charge is -2.31. The van der Waals surface area contributed by atoms with Gasteiger partial charge >= 0.3 is 0 Å². The monoisotopic (exact) mass is 586 g/mol. The van der Waals surface area contributed by atoms with E-state index in [2.05, 4.69) is 20.8 Å². The minimum absolute atomic E-state index is 0.190. The average Bonchev–Trinajstić information content (AvgIpc) is 3.33. The molecule has 0 saturated carbocycles. The molecule has 0 aliphatic carbocycles. The molecule has 4 rings (SSSR count). The molecule has 11 heteroatoms. The maximum absolute atomic E-state index is 13.2. The van der Waals surface area contributed by atoms with Crippen molar-refractivity contribution in [3.63, 3.8) is 0 Å². The fourth-order valence-electron chi connectivity index (χ4n) is 4.01. The van der Waals surface area contributed by atoms with Crippen molar-refractivity contribution in [1.82, 2.24) is 4.98 Å². The number of sulfone groups is 1. The van der Waals surface area contributed by atoms with Gasteiger partial charge in [-0.05, 0) is 43.2 Å². The van der Waals surface area contributed by atoms with E-state index in [1.54, 1.807) is 39.5 Å². The van der Waals surface area contributed by atoms with Gasteiger partial charge in [0.15, 0.2) is 26.5 Å². The van der Waals surface area contributed by atoms with Crippen LogP contribution in [0, 0.1) is 0 Å². The normalized spacial score (nSPS) is 14.8. The lowest BCUT2D eigenvalue weighted by molar-refractivity contribution is 0.324. The highest BCUT2D eigenvalue weighted by atomic mass is 79.9. The Kier molecular flexibility index (Phi) is 7.61. The predicted octanol–water partition coefficient (Wildman–Crippen LogP) is 5.69. The van der Waals surface area contributed by atoms with E-state index >= 15 is 0 Å². The van der Waals surface area contributed by atoms with E-state index in [1.165, 1.54) is 11.3 Å². The molecule has 3 aromatic rings. The molecule has 2 heterocycles. The Morgan fingerprint density at radius 2 is 1.71 bits per heavy atom. The summed E-state index contributed by atoms with van der Waals surface area (Å²) in [6.45, 7) is 1.19. The fraction of sp³-hybridized carbons (Fsp3) is 0.348. The third-order valence-electron chi connectivity index (χ3n) is 5.80. The molecule has 0 radical (unpaired) electrons. The zero-order valence-corrected chi connectivity index (χ0v) is 22.9. The van der Waals surface area contributed by atoms with Gasteiger partial charge < -0.3 is 19.1 Å². The van der Waals surface area contributed by atoms with E-state index in [9.17, 15) is 8.42 Å². The molecule has 1 saturated heterocycles. The number of thiazole rings is 1. The predicted molar refractivity (Wildman–Crippen MR) is 139 cm³/mol. The summed E-state index contributed by atoms with van der Waals surface area (Å²) in [7, 11) is 1.21. The molecular weight excluding hydrogens is 564 g/mol. The molecule has 0 bridgehead atoms. The molecule has 0 spiro atoms. The van der Waals surface area contributed by atoms with Crippen LogP contribution >= 0.6 is 38.9 Å². The summed E-state index contributed by atoms with van der Waals surface area (Å²) in [5.41, 5.74) is 1.63. The summed E-state index contributed by atoms with van der Waals surface area (Å²) in [5.74, 6) is 1.64. The summed E-state index contributed by atoms with van der Waals surface area (Å²) in [4.78, 5) is 7.11. The van der Waals surface area contributed by atoms with Crippen LogP contribution in [-0.4, -0.2) is 53.1 Å². The first-order chi connectivity index (χ1) is 16.3. The molecule has 2 aromatic carbocycles. The first-order valence-electron chi connectivity index (χ1n) is 10.5. The van der Waals surface area contributed by atoms with Crippen LogP contribution in [0.4, 0.5) is 5.13 Å². The zero-order chi connectivity index (χ0) is 24.5. The van der Waals surface area contributed by atoms with Crippen LogP contribution in [0.1, 0.15) is 12.8 Å². The van der Waals surface area contributed by atoms with Gasteiger partial charge in [0, 0.05) is 28.5 Å². The second-order valence-electron chi connectivity index (χ2n) is 7.74. The number of anilines is 1. The van der Waals surface area contributed by atoms with Crippen molar-refractivity contribution in [3.8, 4) is 28.5 Å². The van der Waals surface area contributed by atoms with Crippen LogP contribution in [0.25, 0.3) is 11.3 Å². The van der Waals surface area contributed by atoms with Crippen LogP contribution in [0.15, 0.2) is 45.1 Å². The van der Waals surface area contributed by atoms with Gasteiger partial charge in [0.25, 0.3) is 0 Å². The Labute approximate surface area is 216 Å². The van der Waals surface area contributed by atoms with E-state index < -0.39 is 15.1 Å². The summed E-state index contributed by atoms with van der Waals surface area (Å²) < 4.78 is 43.4. The maximum Gasteiger partial charge on any atom is 0.203 e. The molecule has 1 fully saturated rings. The summed E-state index contributed by atoms with van der Waals surface area (Å²) >= 11 is 11.1. The molecule has 0 unspecified atom stereocenters. The van der Waals surface area contributed by atoms with Gasteiger partial charge in [-0.15, -0.1) is 11.3 Å². The lowest BCUT2D eigenvalue weighted by atomic mass is 10.1. The van der Waals surface area contributed by atoms with Crippen molar-refractivity contribution in [2.75, 3.05) is 39.3 Å². The maximum atomic E-state index is 13.2. The number of methoxy groups -OCH3 is 3. The minimum atomic E-state index is -3.51. The highest BCUT2D eigenvalue weighted by Gasteiger charge is 2.33. The Hall–Kier alpha value is -2.01. The first-order valence-corrected chi connectivity index (χ1v) is 14.1. The van der Waals surface area contributed by atoms with Gasteiger partial charge in [0.2, 0.25) is 5.75 Å². The molecule has 34 heavy (non-hydrogen) atoms. The number of ether oxygens (including phenoxy) is 3. The SMILES string of the molecule is COc1cc(-c2csc(N3CCC(S(=O)(=O)c4ccc(Br)cc4Cl)CC3)n2)cc(OC)c1OC. The second kappa shape index (κ2) is 10.3. The van der Waals surface area contributed by atoms with E-state index in [1.807, 2.05) is 17.5 Å². The van der Waals surface area contributed by atoms with Crippen molar-refractivity contribution < 1.29 is 22.6 Å². The minimum Gasteiger partial charge on any atom is -0.493 e. The van der Waals surface area contributed by atoms with Gasteiger partial charge in [-0.2, -0.15) is 0 Å². The molecule has 1 aliphatic rings. The number of benzene rings is 2. The van der Waals surface area contributed by atoms with Crippen molar-refractivity contribution >= 4 is 53.8 Å². The van der Waals surface area contributed by atoms with Crippen molar-refractivity contribution in [3.05, 3.63) is 45.2 Å². The van der Waals surface area contributed by atoms with Crippen molar-refractivity contribution in [2.24, 2.45) is 0 Å². The fourth-order valence-corrected chi connectivity index (χ4v) is 7.68. The number of hydrogen-bond acceptors (Lipinski definition) is 8. The Bertz CT molecular complexity index is 1270.